The highest BCUT2D eigenvalue weighted by atomic mass is 35.5. The van der Waals surface area contributed by atoms with Crippen LogP contribution in [0.4, 0.5) is 0 Å². The van der Waals surface area contributed by atoms with Crippen molar-refractivity contribution in [3.05, 3.63) is 23.0 Å². The number of methoxy groups -OCH3 is 1. The lowest BCUT2D eigenvalue weighted by Crippen LogP contribution is -2.43. The number of rotatable bonds is 3. The van der Waals surface area contributed by atoms with Crippen LogP contribution in [0, 0.1) is 5.92 Å². The standard InChI is InChI=1S/C13H16ClN3O2/c1-19-11-3-2-9(15-12(11)14)13(18)16-10-7-17-5-4-8(10)6-17/h2-3,8,10H,4-7H2,1H3,(H,16,18)/t8-,10?/m0/s1. The smallest absolute Gasteiger partial charge is 0.270 e. The molecule has 0 saturated carbocycles. The molecule has 0 aromatic carbocycles. The van der Waals surface area contributed by atoms with Crippen LogP contribution in [0.1, 0.15) is 16.9 Å². The van der Waals surface area contributed by atoms with Crippen molar-refractivity contribution in [3.63, 3.8) is 0 Å². The van der Waals surface area contributed by atoms with Gasteiger partial charge < -0.3 is 15.0 Å². The number of nitrogens with zero attached hydrogens (tertiary/aromatic N) is 2. The minimum atomic E-state index is -0.164. The third-order valence-electron chi connectivity index (χ3n) is 3.92. The molecule has 0 radical (unpaired) electrons. The molecule has 1 N–H and O–H groups in total. The van der Waals surface area contributed by atoms with Crippen molar-refractivity contribution in [2.45, 2.75) is 12.5 Å². The van der Waals surface area contributed by atoms with Gasteiger partial charge in [-0.05, 0) is 31.0 Å². The molecule has 19 heavy (non-hydrogen) atoms. The maximum Gasteiger partial charge on any atom is 0.270 e. The quantitative estimate of drug-likeness (QED) is 0.846. The van der Waals surface area contributed by atoms with E-state index in [0.717, 1.165) is 19.6 Å². The number of amides is 1. The predicted molar refractivity (Wildman–Crippen MR) is 71.6 cm³/mol. The zero-order chi connectivity index (χ0) is 13.4. The van der Waals surface area contributed by atoms with Crippen LogP contribution < -0.4 is 10.1 Å². The molecule has 2 unspecified atom stereocenters. The van der Waals surface area contributed by atoms with Crippen LogP contribution in [0.15, 0.2) is 12.1 Å². The Morgan fingerprint density at radius 2 is 2.37 bits per heavy atom. The predicted octanol–water partition coefficient (Wildman–Crippen LogP) is 1.18. The van der Waals surface area contributed by atoms with Crippen molar-refractivity contribution in [2.24, 2.45) is 5.92 Å². The summed E-state index contributed by atoms with van der Waals surface area (Å²) in [4.78, 5) is 18.6. The van der Waals surface area contributed by atoms with E-state index in [1.165, 1.54) is 13.5 Å². The Hall–Kier alpha value is -1.33. The zero-order valence-electron chi connectivity index (χ0n) is 10.7. The molecule has 3 atom stereocenters. The largest absolute Gasteiger partial charge is 0.494 e. The molecule has 3 rings (SSSR count). The normalized spacial score (nSPS) is 28.4. The number of halogens is 1. The second-order valence-corrected chi connectivity index (χ2v) is 5.44. The number of carbonyl (C=O) groups excluding carboxylic acids is 1. The van der Waals surface area contributed by atoms with E-state index in [2.05, 4.69) is 15.2 Å². The van der Waals surface area contributed by atoms with E-state index in [1.54, 1.807) is 12.1 Å². The Bertz CT molecular complexity index is 509. The Morgan fingerprint density at radius 1 is 1.53 bits per heavy atom. The van der Waals surface area contributed by atoms with E-state index in [4.69, 9.17) is 16.3 Å². The Morgan fingerprint density at radius 3 is 2.95 bits per heavy atom. The highest BCUT2D eigenvalue weighted by molar-refractivity contribution is 6.31. The number of hydrogen-bond donors (Lipinski definition) is 1. The summed E-state index contributed by atoms with van der Waals surface area (Å²) in [5.74, 6) is 0.894. The van der Waals surface area contributed by atoms with Crippen molar-refractivity contribution < 1.29 is 9.53 Å². The summed E-state index contributed by atoms with van der Waals surface area (Å²) < 4.78 is 5.02. The topological polar surface area (TPSA) is 54.5 Å². The minimum Gasteiger partial charge on any atom is -0.494 e. The molecule has 1 aromatic rings. The van der Waals surface area contributed by atoms with Gasteiger partial charge in [0.15, 0.2) is 10.9 Å². The van der Waals surface area contributed by atoms with Crippen molar-refractivity contribution in [1.82, 2.24) is 15.2 Å². The molecule has 0 spiro atoms. The third-order valence-corrected chi connectivity index (χ3v) is 4.19. The average Bonchev–Trinajstić information content (AvgIpc) is 3.00. The highest BCUT2D eigenvalue weighted by Gasteiger charge is 2.38. The molecule has 0 aliphatic carbocycles. The van der Waals surface area contributed by atoms with Crippen molar-refractivity contribution in [3.8, 4) is 5.75 Å². The van der Waals surface area contributed by atoms with Gasteiger partial charge in [0.25, 0.3) is 5.91 Å². The van der Waals surface area contributed by atoms with Gasteiger partial charge in [-0.1, -0.05) is 11.6 Å². The molecule has 6 heteroatoms. The summed E-state index contributed by atoms with van der Waals surface area (Å²) >= 11 is 5.93. The second kappa shape index (κ2) is 4.98. The van der Waals surface area contributed by atoms with Gasteiger partial charge in [0, 0.05) is 19.1 Å². The van der Waals surface area contributed by atoms with E-state index in [-0.39, 0.29) is 17.1 Å². The van der Waals surface area contributed by atoms with Crippen LogP contribution in [0.25, 0.3) is 0 Å². The zero-order valence-corrected chi connectivity index (χ0v) is 11.5. The Labute approximate surface area is 116 Å². The van der Waals surface area contributed by atoms with Gasteiger partial charge in [-0.3, -0.25) is 4.79 Å². The van der Waals surface area contributed by atoms with Crippen molar-refractivity contribution >= 4 is 17.5 Å². The molecular weight excluding hydrogens is 266 g/mol. The summed E-state index contributed by atoms with van der Waals surface area (Å²) in [6, 6.07) is 3.53. The first-order valence-corrected chi connectivity index (χ1v) is 6.79. The van der Waals surface area contributed by atoms with E-state index in [0.29, 0.717) is 17.4 Å². The first-order chi connectivity index (χ1) is 9.17. The number of piperidine rings is 1. The lowest BCUT2D eigenvalue weighted by Gasteiger charge is -2.23. The Kier molecular flexibility index (Phi) is 3.33. The molecule has 2 aliphatic heterocycles. The van der Waals surface area contributed by atoms with Gasteiger partial charge in [0.05, 0.1) is 7.11 Å². The van der Waals surface area contributed by atoms with Gasteiger partial charge >= 0.3 is 0 Å². The first-order valence-electron chi connectivity index (χ1n) is 6.41. The van der Waals surface area contributed by atoms with E-state index in [9.17, 15) is 4.79 Å². The molecule has 5 nitrogen and oxygen atoms in total. The lowest BCUT2D eigenvalue weighted by molar-refractivity contribution is 0.0919. The van der Waals surface area contributed by atoms with Gasteiger partial charge in [0.1, 0.15) is 5.69 Å². The molecule has 1 aromatic heterocycles. The number of aromatic nitrogens is 1. The summed E-state index contributed by atoms with van der Waals surface area (Å²) in [5.41, 5.74) is 0.337. The number of fused-ring (bicyclic) bond motifs is 2. The molecule has 2 fully saturated rings. The fourth-order valence-electron chi connectivity index (χ4n) is 2.89. The Balaban J connectivity index is 1.69. The molecule has 2 saturated heterocycles. The fourth-order valence-corrected chi connectivity index (χ4v) is 3.12. The number of nitrogens with one attached hydrogen (secondary N) is 1. The van der Waals surface area contributed by atoms with Crippen LogP contribution >= 0.6 is 11.6 Å². The van der Waals surface area contributed by atoms with Gasteiger partial charge in [0.2, 0.25) is 0 Å². The highest BCUT2D eigenvalue weighted by Crippen LogP contribution is 2.28. The van der Waals surface area contributed by atoms with Crippen LogP contribution in [0.5, 0.6) is 5.75 Å². The molecule has 1 amide bonds. The SMILES string of the molecule is COc1ccc(C(=O)NC2CN3CC[C@H]2C3)nc1Cl. The van der Waals surface area contributed by atoms with Crippen LogP contribution in [0.3, 0.4) is 0 Å². The second-order valence-electron chi connectivity index (χ2n) is 5.08. The van der Waals surface area contributed by atoms with E-state index < -0.39 is 0 Å². The summed E-state index contributed by atoms with van der Waals surface area (Å²) in [7, 11) is 1.52. The number of hydrogen-bond acceptors (Lipinski definition) is 4. The number of carbonyl (C=O) groups is 1. The molecular formula is C13H16ClN3O2. The summed E-state index contributed by atoms with van der Waals surface area (Å²) in [5, 5.41) is 3.26. The molecule has 3 heterocycles. The molecule has 102 valence electrons. The summed E-state index contributed by atoms with van der Waals surface area (Å²) in [6.07, 6.45) is 1.17. The van der Waals surface area contributed by atoms with Crippen molar-refractivity contribution in [1.29, 1.82) is 0 Å². The lowest BCUT2D eigenvalue weighted by atomic mass is 10.00. The van der Waals surface area contributed by atoms with Gasteiger partial charge in [-0.15, -0.1) is 0 Å². The van der Waals surface area contributed by atoms with E-state index >= 15 is 0 Å². The number of ether oxygens (including phenoxy) is 1. The molecule has 2 aliphatic rings. The fraction of sp³-hybridized carbons (Fsp3) is 0.538. The maximum atomic E-state index is 12.1. The molecule has 2 bridgehead atoms. The van der Waals surface area contributed by atoms with Crippen molar-refractivity contribution in [2.75, 3.05) is 26.7 Å². The third kappa shape index (κ3) is 2.40. The van der Waals surface area contributed by atoms with Crippen LogP contribution in [-0.4, -0.2) is 48.6 Å². The van der Waals surface area contributed by atoms with E-state index in [1.807, 2.05) is 0 Å². The first kappa shape index (κ1) is 12.7. The average molecular weight is 282 g/mol. The monoisotopic (exact) mass is 281 g/mol. The van der Waals surface area contributed by atoms with Gasteiger partial charge in [-0.25, -0.2) is 4.98 Å². The van der Waals surface area contributed by atoms with Crippen LogP contribution in [0.2, 0.25) is 5.15 Å². The number of pyridine rings is 1. The summed E-state index contributed by atoms with van der Waals surface area (Å²) in [6.45, 7) is 3.20. The minimum absolute atomic E-state index is 0.164. The van der Waals surface area contributed by atoms with Gasteiger partial charge in [-0.2, -0.15) is 0 Å². The maximum absolute atomic E-state index is 12.1. The van der Waals surface area contributed by atoms with Crippen LogP contribution in [-0.2, 0) is 0 Å².